The van der Waals surface area contributed by atoms with Crippen molar-refractivity contribution in [1.29, 1.82) is 0 Å². The Morgan fingerprint density at radius 3 is 2.09 bits per heavy atom. The third kappa shape index (κ3) is 3.52. The smallest absolute Gasteiger partial charge is 0.374 e. The summed E-state index contributed by atoms with van der Waals surface area (Å²) in [7, 11) is 0. The molecular formula is C15H20F6O2. The van der Waals surface area contributed by atoms with Gasteiger partial charge in [-0.15, -0.1) is 0 Å². The zero-order valence-corrected chi connectivity index (χ0v) is 12.6. The predicted molar refractivity (Wildman–Crippen MR) is 70.6 cm³/mol. The van der Waals surface area contributed by atoms with Crippen LogP contribution in [0.15, 0.2) is 12.2 Å². The highest BCUT2D eigenvalue weighted by atomic mass is 19.4. The molecule has 23 heavy (non-hydrogen) atoms. The maximum absolute atomic E-state index is 12.7. The van der Waals surface area contributed by atoms with Crippen LogP contribution in [0.4, 0.5) is 26.3 Å². The summed E-state index contributed by atoms with van der Waals surface area (Å²) in [6.45, 7) is -0.0264. The Labute approximate surface area is 130 Å². The molecular weight excluding hydrogens is 326 g/mol. The largest absolute Gasteiger partial charge is 0.428 e. The lowest BCUT2D eigenvalue weighted by Crippen LogP contribution is -2.60. The Morgan fingerprint density at radius 1 is 1.09 bits per heavy atom. The van der Waals surface area contributed by atoms with Crippen molar-refractivity contribution in [3.8, 4) is 0 Å². The molecule has 0 saturated heterocycles. The molecule has 0 spiro atoms. The molecule has 2 rings (SSSR count). The second-order valence-corrected chi connectivity index (χ2v) is 6.44. The average molecular weight is 346 g/mol. The number of halogens is 6. The minimum absolute atomic E-state index is 0.0873. The lowest BCUT2D eigenvalue weighted by atomic mass is 9.86. The van der Waals surface area contributed by atoms with Gasteiger partial charge in [0, 0.05) is 0 Å². The van der Waals surface area contributed by atoms with Gasteiger partial charge >= 0.3 is 12.4 Å². The molecule has 2 nitrogen and oxygen atoms in total. The summed E-state index contributed by atoms with van der Waals surface area (Å²) in [6, 6.07) is 0. The van der Waals surface area contributed by atoms with Crippen molar-refractivity contribution < 1.29 is 36.2 Å². The monoisotopic (exact) mass is 346 g/mol. The Morgan fingerprint density at radius 2 is 1.70 bits per heavy atom. The third-order valence-corrected chi connectivity index (χ3v) is 4.83. The topological polar surface area (TPSA) is 29.5 Å². The first-order valence-corrected chi connectivity index (χ1v) is 7.65. The Balaban J connectivity index is 2.09. The van der Waals surface area contributed by atoms with Crippen LogP contribution in [0.2, 0.25) is 0 Å². The van der Waals surface area contributed by atoms with Gasteiger partial charge in [-0.3, -0.25) is 0 Å². The van der Waals surface area contributed by atoms with Crippen LogP contribution in [-0.2, 0) is 4.74 Å². The van der Waals surface area contributed by atoms with Crippen LogP contribution in [0, 0.1) is 17.8 Å². The average Bonchev–Trinajstić information content (AvgIpc) is 3.02. The first-order chi connectivity index (χ1) is 10.5. The van der Waals surface area contributed by atoms with E-state index < -0.39 is 30.7 Å². The molecule has 0 aromatic carbocycles. The highest BCUT2D eigenvalue weighted by Crippen LogP contribution is 2.48. The van der Waals surface area contributed by atoms with Crippen LogP contribution in [0.25, 0.3) is 0 Å². The predicted octanol–water partition coefficient (Wildman–Crippen LogP) is 4.24. The summed E-state index contributed by atoms with van der Waals surface area (Å²) in [4.78, 5) is 0. The number of aliphatic hydroxyl groups is 1. The Bertz CT molecular complexity index is 428. The fourth-order valence-corrected chi connectivity index (χ4v) is 3.51. The van der Waals surface area contributed by atoms with Crippen LogP contribution in [0.1, 0.15) is 32.6 Å². The second kappa shape index (κ2) is 6.27. The van der Waals surface area contributed by atoms with Gasteiger partial charge in [-0.25, -0.2) is 0 Å². The molecule has 0 radical (unpaired) electrons. The zero-order valence-electron chi connectivity index (χ0n) is 12.6. The summed E-state index contributed by atoms with van der Waals surface area (Å²) in [5, 5.41) is 9.19. The summed E-state index contributed by atoms with van der Waals surface area (Å²) in [5.41, 5.74) is -4.83. The van der Waals surface area contributed by atoms with Crippen molar-refractivity contribution in [3.63, 3.8) is 0 Å². The first-order valence-electron chi connectivity index (χ1n) is 7.65. The molecule has 0 aromatic heterocycles. The standard InChI is InChI=1S/C15H20F6O2/c1-2-3-12(11-7-9-4-5-10(11)6-9)23-8-13(22,14(16,17)18)15(19,20)21/h4-5,9-12,22H,2-3,6-8H2,1H3. The van der Waals surface area contributed by atoms with E-state index in [2.05, 4.69) is 0 Å². The minimum atomic E-state index is -5.84. The Kier molecular flexibility index (Phi) is 5.07. The molecule has 0 amide bonds. The number of rotatable bonds is 6. The van der Waals surface area contributed by atoms with Gasteiger partial charge < -0.3 is 9.84 Å². The van der Waals surface area contributed by atoms with E-state index in [9.17, 15) is 31.4 Å². The van der Waals surface area contributed by atoms with Crippen molar-refractivity contribution in [2.45, 2.75) is 56.7 Å². The van der Waals surface area contributed by atoms with Gasteiger partial charge in [0.1, 0.15) is 0 Å². The maximum Gasteiger partial charge on any atom is 0.428 e. The quantitative estimate of drug-likeness (QED) is 0.576. The molecule has 8 heteroatoms. The third-order valence-electron chi connectivity index (χ3n) is 4.83. The van der Waals surface area contributed by atoms with E-state index in [0.29, 0.717) is 25.2 Å². The van der Waals surface area contributed by atoms with Gasteiger partial charge in [0.25, 0.3) is 5.60 Å². The van der Waals surface area contributed by atoms with Crippen LogP contribution in [0.3, 0.4) is 0 Å². The van der Waals surface area contributed by atoms with Crippen LogP contribution in [-0.4, -0.2) is 35.8 Å². The maximum atomic E-state index is 12.7. The molecule has 4 atom stereocenters. The summed E-state index contributed by atoms with van der Waals surface area (Å²) in [5.74, 6) is 0.383. The molecule has 0 heterocycles. The van der Waals surface area contributed by atoms with Crippen LogP contribution < -0.4 is 0 Å². The van der Waals surface area contributed by atoms with E-state index in [1.54, 1.807) is 6.92 Å². The van der Waals surface area contributed by atoms with E-state index >= 15 is 0 Å². The fraction of sp³-hybridized carbons (Fsp3) is 0.867. The Hall–Kier alpha value is -0.760. The van der Waals surface area contributed by atoms with Crippen molar-refractivity contribution in [1.82, 2.24) is 0 Å². The van der Waals surface area contributed by atoms with E-state index in [-0.39, 0.29) is 11.8 Å². The summed E-state index contributed by atoms with van der Waals surface area (Å²) >= 11 is 0. The van der Waals surface area contributed by atoms with Gasteiger partial charge in [0.15, 0.2) is 0 Å². The zero-order chi connectivity index (χ0) is 17.5. The SMILES string of the molecule is CCCC(OCC(O)(C(F)(F)F)C(F)(F)F)C1CC2C=CC1C2. The number of fused-ring (bicyclic) bond motifs is 2. The molecule has 2 bridgehead atoms. The molecule has 0 aliphatic heterocycles. The first kappa shape index (κ1) is 18.6. The normalized spacial score (nSPS) is 29.3. The fourth-order valence-electron chi connectivity index (χ4n) is 3.51. The molecule has 2 aliphatic carbocycles. The van der Waals surface area contributed by atoms with Crippen molar-refractivity contribution in [2.75, 3.05) is 6.61 Å². The van der Waals surface area contributed by atoms with E-state index in [1.165, 1.54) is 0 Å². The molecule has 134 valence electrons. The second-order valence-electron chi connectivity index (χ2n) is 6.44. The van der Waals surface area contributed by atoms with Crippen LogP contribution >= 0.6 is 0 Å². The van der Waals surface area contributed by atoms with Gasteiger partial charge in [-0.05, 0) is 37.0 Å². The van der Waals surface area contributed by atoms with E-state index in [0.717, 1.165) is 6.42 Å². The highest BCUT2D eigenvalue weighted by molar-refractivity contribution is 5.11. The molecule has 1 saturated carbocycles. The van der Waals surface area contributed by atoms with Gasteiger partial charge in [-0.1, -0.05) is 25.5 Å². The van der Waals surface area contributed by atoms with E-state index in [4.69, 9.17) is 4.74 Å². The lowest BCUT2D eigenvalue weighted by molar-refractivity contribution is -0.380. The van der Waals surface area contributed by atoms with E-state index in [1.807, 2.05) is 12.2 Å². The van der Waals surface area contributed by atoms with Gasteiger partial charge in [-0.2, -0.15) is 26.3 Å². The summed E-state index contributed by atoms with van der Waals surface area (Å²) < 4.78 is 81.2. The van der Waals surface area contributed by atoms with Crippen molar-refractivity contribution in [2.24, 2.45) is 17.8 Å². The van der Waals surface area contributed by atoms with Gasteiger partial charge in [0.2, 0.25) is 0 Å². The number of hydrogen-bond donors (Lipinski definition) is 1. The lowest BCUT2D eigenvalue weighted by Gasteiger charge is -2.35. The summed E-state index contributed by atoms with van der Waals surface area (Å²) in [6.07, 6.45) is -5.86. The molecule has 1 N–H and O–H groups in total. The number of ether oxygens (including phenoxy) is 1. The molecule has 1 fully saturated rings. The molecule has 4 unspecified atom stereocenters. The molecule has 2 aliphatic rings. The van der Waals surface area contributed by atoms with Crippen molar-refractivity contribution in [3.05, 3.63) is 12.2 Å². The minimum Gasteiger partial charge on any atom is -0.374 e. The van der Waals surface area contributed by atoms with Crippen molar-refractivity contribution >= 4 is 0 Å². The molecule has 0 aromatic rings. The number of hydrogen-bond acceptors (Lipinski definition) is 2. The number of allylic oxidation sites excluding steroid dienone is 2. The number of alkyl halides is 6. The van der Waals surface area contributed by atoms with Crippen LogP contribution in [0.5, 0.6) is 0 Å². The van der Waals surface area contributed by atoms with Gasteiger partial charge in [0.05, 0.1) is 12.7 Å². The highest BCUT2D eigenvalue weighted by Gasteiger charge is 2.70.